The van der Waals surface area contributed by atoms with E-state index in [2.05, 4.69) is 25.7 Å². The molecule has 1 amide bonds. The van der Waals surface area contributed by atoms with Crippen molar-refractivity contribution in [3.05, 3.63) is 33.5 Å². The van der Waals surface area contributed by atoms with Gasteiger partial charge in [0.2, 0.25) is 5.91 Å². The van der Waals surface area contributed by atoms with Gasteiger partial charge in [-0.05, 0) is 39.8 Å². The summed E-state index contributed by atoms with van der Waals surface area (Å²) < 4.78 is 1.83. The highest BCUT2D eigenvalue weighted by molar-refractivity contribution is 7.09. The Kier molecular flexibility index (Phi) is 5.30. The van der Waals surface area contributed by atoms with Crippen LogP contribution in [0.15, 0.2) is 11.6 Å². The van der Waals surface area contributed by atoms with E-state index in [1.807, 2.05) is 31.8 Å². The average Bonchev–Trinajstić information content (AvgIpc) is 3.12. The predicted molar refractivity (Wildman–Crippen MR) is 94.6 cm³/mol. The van der Waals surface area contributed by atoms with E-state index in [0.717, 1.165) is 54.4 Å². The molecule has 1 fully saturated rings. The number of nitrogens with zero attached hydrogens (tertiary/aromatic N) is 4. The summed E-state index contributed by atoms with van der Waals surface area (Å²) in [4.78, 5) is 19.3. The number of hydrogen-bond acceptors (Lipinski definition) is 5. The fourth-order valence-electron chi connectivity index (χ4n) is 3.11. The Morgan fingerprint density at radius 1 is 1.38 bits per heavy atom. The molecule has 0 aliphatic carbocycles. The topological polar surface area (TPSA) is 63.1 Å². The van der Waals surface area contributed by atoms with Crippen LogP contribution in [0.4, 0.5) is 0 Å². The van der Waals surface area contributed by atoms with E-state index in [4.69, 9.17) is 0 Å². The molecule has 0 bridgehead atoms. The van der Waals surface area contributed by atoms with E-state index >= 15 is 0 Å². The minimum absolute atomic E-state index is 0.121. The van der Waals surface area contributed by atoms with Gasteiger partial charge in [0.25, 0.3) is 0 Å². The van der Waals surface area contributed by atoms with Gasteiger partial charge in [-0.3, -0.25) is 14.4 Å². The SMILES string of the molecule is Cc1nc(CN2CCC(C(=O)NCc3cnn(C)c3C)CC2)cs1. The number of carbonyl (C=O) groups is 1. The third-order valence-corrected chi connectivity index (χ3v) is 5.62. The van der Waals surface area contributed by atoms with Crippen LogP contribution in [0.25, 0.3) is 0 Å². The maximum absolute atomic E-state index is 12.4. The summed E-state index contributed by atoms with van der Waals surface area (Å²) in [5, 5.41) is 10.5. The van der Waals surface area contributed by atoms with Crippen LogP contribution < -0.4 is 5.32 Å². The molecular formula is C17H25N5OS. The van der Waals surface area contributed by atoms with Crippen LogP contribution in [0, 0.1) is 19.8 Å². The van der Waals surface area contributed by atoms with Crippen molar-refractivity contribution in [2.45, 2.75) is 39.8 Å². The van der Waals surface area contributed by atoms with E-state index in [-0.39, 0.29) is 11.8 Å². The van der Waals surface area contributed by atoms with Crippen molar-refractivity contribution < 1.29 is 4.79 Å². The molecule has 0 spiro atoms. The highest BCUT2D eigenvalue weighted by Crippen LogP contribution is 2.20. The lowest BCUT2D eigenvalue weighted by atomic mass is 9.95. The van der Waals surface area contributed by atoms with Crippen LogP contribution in [0.2, 0.25) is 0 Å². The predicted octanol–water partition coefficient (Wildman–Crippen LogP) is 2.02. The first-order valence-corrected chi connectivity index (χ1v) is 9.29. The summed E-state index contributed by atoms with van der Waals surface area (Å²) in [5.41, 5.74) is 3.33. The lowest BCUT2D eigenvalue weighted by molar-refractivity contribution is -0.126. The van der Waals surface area contributed by atoms with E-state index < -0.39 is 0 Å². The van der Waals surface area contributed by atoms with Crippen molar-refractivity contribution in [2.24, 2.45) is 13.0 Å². The molecule has 1 aliphatic heterocycles. The third-order valence-electron chi connectivity index (χ3n) is 4.80. The summed E-state index contributed by atoms with van der Waals surface area (Å²) in [6.45, 7) is 7.44. The van der Waals surface area contributed by atoms with Gasteiger partial charge in [-0.25, -0.2) is 4.98 Å². The minimum atomic E-state index is 0.121. The van der Waals surface area contributed by atoms with Crippen LogP contribution in [0.5, 0.6) is 0 Å². The van der Waals surface area contributed by atoms with Gasteiger partial charge >= 0.3 is 0 Å². The number of likely N-dealkylation sites (tertiary alicyclic amines) is 1. The highest BCUT2D eigenvalue weighted by Gasteiger charge is 2.25. The smallest absolute Gasteiger partial charge is 0.223 e. The van der Waals surface area contributed by atoms with Crippen molar-refractivity contribution in [3.8, 4) is 0 Å². The number of nitrogens with one attached hydrogen (secondary N) is 1. The van der Waals surface area contributed by atoms with Gasteiger partial charge in [-0.1, -0.05) is 0 Å². The molecule has 0 unspecified atom stereocenters. The number of amides is 1. The second kappa shape index (κ2) is 7.44. The summed E-state index contributed by atoms with van der Waals surface area (Å²) in [7, 11) is 1.92. The first kappa shape index (κ1) is 17.1. The number of aromatic nitrogens is 3. The maximum Gasteiger partial charge on any atom is 0.223 e. The van der Waals surface area contributed by atoms with Crippen molar-refractivity contribution in [1.29, 1.82) is 0 Å². The molecule has 1 aliphatic rings. The molecular weight excluding hydrogens is 322 g/mol. The van der Waals surface area contributed by atoms with Gasteiger partial charge in [0.15, 0.2) is 0 Å². The number of aryl methyl sites for hydroxylation is 2. The van der Waals surface area contributed by atoms with E-state index in [9.17, 15) is 4.79 Å². The van der Waals surface area contributed by atoms with Gasteiger partial charge < -0.3 is 5.32 Å². The Bertz CT molecular complexity index is 700. The Balaban J connectivity index is 1.44. The Morgan fingerprint density at radius 2 is 2.12 bits per heavy atom. The molecule has 3 rings (SSSR count). The van der Waals surface area contributed by atoms with Crippen molar-refractivity contribution in [3.63, 3.8) is 0 Å². The summed E-state index contributed by atoms with van der Waals surface area (Å²) in [6, 6.07) is 0. The normalized spacial score (nSPS) is 16.5. The second-order valence-electron chi connectivity index (χ2n) is 6.50. The maximum atomic E-state index is 12.4. The molecule has 6 nitrogen and oxygen atoms in total. The lowest BCUT2D eigenvalue weighted by Crippen LogP contribution is -2.40. The zero-order valence-electron chi connectivity index (χ0n) is 14.6. The van der Waals surface area contributed by atoms with Gasteiger partial charge in [-0.2, -0.15) is 5.10 Å². The number of carbonyl (C=O) groups excluding carboxylic acids is 1. The van der Waals surface area contributed by atoms with Gasteiger partial charge in [0.1, 0.15) is 0 Å². The van der Waals surface area contributed by atoms with Crippen LogP contribution in [0.3, 0.4) is 0 Å². The third kappa shape index (κ3) is 4.02. The minimum Gasteiger partial charge on any atom is -0.352 e. The molecule has 2 aromatic heterocycles. The van der Waals surface area contributed by atoms with Crippen molar-refractivity contribution in [2.75, 3.05) is 13.1 Å². The zero-order valence-corrected chi connectivity index (χ0v) is 15.4. The Morgan fingerprint density at radius 3 is 2.71 bits per heavy atom. The number of hydrogen-bond donors (Lipinski definition) is 1. The standard InChI is InChI=1S/C17H25N5OS/c1-12-15(9-19-21(12)3)8-18-17(23)14-4-6-22(7-5-14)10-16-11-24-13(2)20-16/h9,11,14H,4-8,10H2,1-3H3,(H,18,23). The van der Waals surface area contributed by atoms with Gasteiger partial charge in [0, 0.05) is 42.7 Å². The molecule has 3 heterocycles. The molecule has 2 aromatic rings. The van der Waals surface area contributed by atoms with E-state index in [1.165, 1.54) is 0 Å². The molecule has 7 heteroatoms. The zero-order chi connectivity index (χ0) is 17.1. The lowest BCUT2D eigenvalue weighted by Gasteiger charge is -2.30. The van der Waals surface area contributed by atoms with Crippen LogP contribution in [0.1, 0.15) is 34.8 Å². The molecule has 0 radical (unpaired) electrons. The van der Waals surface area contributed by atoms with Crippen LogP contribution >= 0.6 is 11.3 Å². The molecule has 24 heavy (non-hydrogen) atoms. The first-order chi connectivity index (χ1) is 11.5. The fourth-order valence-corrected chi connectivity index (χ4v) is 3.71. The molecule has 1 N–H and O–H groups in total. The fraction of sp³-hybridized carbons (Fsp3) is 0.588. The Labute approximate surface area is 146 Å². The van der Waals surface area contributed by atoms with Gasteiger partial charge in [-0.15, -0.1) is 11.3 Å². The summed E-state index contributed by atoms with van der Waals surface area (Å²) in [5.74, 6) is 0.290. The van der Waals surface area contributed by atoms with Crippen LogP contribution in [-0.2, 0) is 24.9 Å². The molecule has 0 saturated carbocycles. The quantitative estimate of drug-likeness (QED) is 0.899. The second-order valence-corrected chi connectivity index (χ2v) is 7.57. The number of thiazole rings is 1. The average molecular weight is 347 g/mol. The van der Waals surface area contributed by atoms with Crippen LogP contribution in [-0.4, -0.2) is 38.7 Å². The monoisotopic (exact) mass is 347 g/mol. The Hall–Kier alpha value is -1.73. The number of rotatable bonds is 5. The molecule has 1 saturated heterocycles. The first-order valence-electron chi connectivity index (χ1n) is 8.41. The van der Waals surface area contributed by atoms with Crippen molar-refractivity contribution in [1.82, 2.24) is 25.0 Å². The van der Waals surface area contributed by atoms with Gasteiger partial charge in [0.05, 0.1) is 16.9 Å². The van der Waals surface area contributed by atoms with E-state index in [0.29, 0.717) is 6.54 Å². The highest BCUT2D eigenvalue weighted by atomic mass is 32.1. The number of piperidine rings is 1. The summed E-state index contributed by atoms with van der Waals surface area (Å²) in [6.07, 6.45) is 3.66. The van der Waals surface area contributed by atoms with Crippen molar-refractivity contribution >= 4 is 17.2 Å². The largest absolute Gasteiger partial charge is 0.352 e. The molecule has 0 atom stereocenters. The molecule has 130 valence electrons. The summed E-state index contributed by atoms with van der Waals surface area (Å²) >= 11 is 1.70. The molecule has 0 aromatic carbocycles. The van der Waals surface area contributed by atoms with E-state index in [1.54, 1.807) is 11.3 Å².